The number of carbonyl (C=O) groups excluding carboxylic acids is 1. The number of carbonyl (C=O) groups is 1. The second-order valence-corrected chi connectivity index (χ2v) is 5.65. The Morgan fingerprint density at radius 1 is 1.43 bits per heavy atom. The molecule has 0 spiro atoms. The van der Waals surface area contributed by atoms with Crippen LogP contribution in [-0.4, -0.2) is 30.4 Å². The zero-order valence-electron chi connectivity index (χ0n) is 12.6. The Morgan fingerprint density at radius 2 is 2.19 bits per heavy atom. The van der Waals surface area contributed by atoms with Gasteiger partial charge in [0.1, 0.15) is 0 Å². The van der Waals surface area contributed by atoms with Crippen molar-refractivity contribution in [2.24, 2.45) is 5.92 Å². The molecule has 1 aliphatic heterocycles. The van der Waals surface area contributed by atoms with Gasteiger partial charge in [-0.2, -0.15) is 5.26 Å². The van der Waals surface area contributed by atoms with Gasteiger partial charge >= 0.3 is 0 Å². The first-order valence-corrected chi connectivity index (χ1v) is 7.72. The Kier molecular flexibility index (Phi) is 5.77. The van der Waals surface area contributed by atoms with Crippen LogP contribution in [0.25, 0.3) is 0 Å². The van der Waals surface area contributed by atoms with E-state index in [0.29, 0.717) is 5.56 Å². The molecular formula is C17H23N3O. The van der Waals surface area contributed by atoms with Crippen molar-refractivity contribution in [3.8, 4) is 6.07 Å². The molecule has 0 radical (unpaired) electrons. The Labute approximate surface area is 126 Å². The van der Waals surface area contributed by atoms with Crippen molar-refractivity contribution in [3.63, 3.8) is 0 Å². The summed E-state index contributed by atoms with van der Waals surface area (Å²) in [6.07, 6.45) is 2.83. The van der Waals surface area contributed by atoms with E-state index >= 15 is 0 Å². The van der Waals surface area contributed by atoms with Gasteiger partial charge in [-0.25, -0.2) is 0 Å². The molecule has 1 aromatic rings. The van der Waals surface area contributed by atoms with E-state index in [0.717, 1.165) is 45.4 Å². The molecule has 1 saturated heterocycles. The van der Waals surface area contributed by atoms with Crippen LogP contribution >= 0.6 is 0 Å². The molecule has 0 unspecified atom stereocenters. The van der Waals surface area contributed by atoms with E-state index in [2.05, 4.69) is 29.3 Å². The van der Waals surface area contributed by atoms with E-state index in [4.69, 9.17) is 5.26 Å². The molecule has 1 fully saturated rings. The fourth-order valence-electron chi connectivity index (χ4n) is 2.74. The number of nitriles is 1. The molecule has 0 saturated carbocycles. The summed E-state index contributed by atoms with van der Waals surface area (Å²) < 4.78 is 0. The predicted octanol–water partition coefficient (Wildman–Crippen LogP) is 2.30. The van der Waals surface area contributed by atoms with Crippen molar-refractivity contribution >= 4 is 5.91 Å². The molecule has 0 bridgehead atoms. The number of hydrogen-bond acceptors (Lipinski definition) is 3. The maximum Gasteiger partial charge on any atom is 0.223 e. The minimum atomic E-state index is 0.165. The van der Waals surface area contributed by atoms with Crippen molar-refractivity contribution < 1.29 is 4.79 Å². The van der Waals surface area contributed by atoms with Gasteiger partial charge < -0.3 is 5.32 Å². The quantitative estimate of drug-likeness (QED) is 0.903. The third-order valence-corrected chi connectivity index (χ3v) is 3.97. The van der Waals surface area contributed by atoms with Crippen molar-refractivity contribution in [1.82, 2.24) is 10.2 Å². The molecule has 0 aliphatic carbocycles. The van der Waals surface area contributed by atoms with Gasteiger partial charge in [-0.3, -0.25) is 9.69 Å². The molecule has 1 N–H and O–H groups in total. The Morgan fingerprint density at radius 3 is 2.86 bits per heavy atom. The lowest BCUT2D eigenvalue weighted by molar-refractivity contribution is -0.126. The van der Waals surface area contributed by atoms with E-state index in [-0.39, 0.29) is 11.8 Å². The molecule has 1 amide bonds. The zero-order valence-corrected chi connectivity index (χ0v) is 12.6. The highest BCUT2D eigenvalue weighted by Gasteiger charge is 2.24. The topological polar surface area (TPSA) is 56.1 Å². The van der Waals surface area contributed by atoms with Crippen LogP contribution < -0.4 is 5.32 Å². The summed E-state index contributed by atoms with van der Waals surface area (Å²) in [4.78, 5) is 14.3. The highest BCUT2D eigenvalue weighted by atomic mass is 16.1. The number of nitrogens with zero attached hydrogens (tertiary/aromatic N) is 2. The number of rotatable bonds is 5. The summed E-state index contributed by atoms with van der Waals surface area (Å²) >= 11 is 0. The predicted molar refractivity (Wildman–Crippen MR) is 82.5 cm³/mol. The smallest absolute Gasteiger partial charge is 0.223 e. The zero-order chi connectivity index (χ0) is 15.1. The van der Waals surface area contributed by atoms with E-state index in [9.17, 15) is 4.79 Å². The second kappa shape index (κ2) is 7.80. The van der Waals surface area contributed by atoms with E-state index < -0.39 is 0 Å². The minimum absolute atomic E-state index is 0.165. The second-order valence-electron chi connectivity index (χ2n) is 5.65. The largest absolute Gasteiger partial charge is 0.356 e. The molecule has 4 heteroatoms. The van der Waals surface area contributed by atoms with Gasteiger partial charge in [0.2, 0.25) is 5.91 Å². The maximum absolute atomic E-state index is 11.9. The van der Waals surface area contributed by atoms with Crippen molar-refractivity contribution in [2.45, 2.75) is 32.7 Å². The summed E-state index contributed by atoms with van der Waals surface area (Å²) in [6.45, 7) is 5.60. The first-order valence-electron chi connectivity index (χ1n) is 7.72. The lowest BCUT2D eigenvalue weighted by atomic mass is 9.95. The van der Waals surface area contributed by atoms with Crippen LogP contribution in [0.2, 0.25) is 0 Å². The minimum Gasteiger partial charge on any atom is -0.356 e. The van der Waals surface area contributed by atoms with Crippen LogP contribution in [0.5, 0.6) is 0 Å². The van der Waals surface area contributed by atoms with E-state index in [1.807, 2.05) is 18.2 Å². The lowest BCUT2D eigenvalue weighted by Crippen LogP contribution is -2.40. The van der Waals surface area contributed by atoms with Crippen LogP contribution in [-0.2, 0) is 11.3 Å². The lowest BCUT2D eigenvalue weighted by Gasteiger charge is -2.31. The van der Waals surface area contributed by atoms with E-state index in [1.165, 1.54) is 5.56 Å². The van der Waals surface area contributed by atoms with Crippen LogP contribution in [0, 0.1) is 17.2 Å². The first-order chi connectivity index (χ1) is 10.2. The summed E-state index contributed by atoms with van der Waals surface area (Å²) in [6, 6.07) is 9.93. The van der Waals surface area contributed by atoms with Gasteiger partial charge in [-0.1, -0.05) is 19.1 Å². The molecule has 1 aliphatic rings. The van der Waals surface area contributed by atoms with Gasteiger partial charge in [0.25, 0.3) is 0 Å². The molecule has 1 heterocycles. The molecular weight excluding hydrogens is 262 g/mol. The summed E-state index contributed by atoms with van der Waals surface area (Å²) in [7, 11) is 0. The number of piperidine rings is 1. The number of hydrogen-bond donors (Lipinski definition) is 1. The van der Waals surface area contributed by atoms with Crippen LogP contribution in [0.4, 0.5) is 0 Å². The first kappa shape index (κ1) is 15.5. The number of amides is 1. The van der Waals surface area contributed by atoms with E-state index in [1.54, 1.807) is 0 Å². The van der Waals surface area contributed by atoms with Crippen LogP contribution in [0.1, 0.15) is 37.3 Å². The summed E-state index contributed by atoms with van der Waals surface area (Å²) in [5.74, 6) is 0.376. The number of benzene rings is 1. The fraction of sp³-hybridized carbons (Fsp3) is 0.529. The Bertz CT molecular complexity index is 513. The third kappa shape index (κ3) is 4.57. The highest BCUT2D eigenvalue weighted by Crippen LogP contribution is 2.19. The SMILES string of the molecule is CCCNC(=O)C1CCN(Cc2cccc(C#N)c2)CC1. The van der Waals surface area contributed by atoms with Crippen molar-refractivity contribution in [2.75, 3.05) is 19.6 Å². The number of likely N-dealkylation sites (tertiary alicyclic amines) is 1. The highest BCUT2D eigenvalue weighted by molar-refractivity contribution is 5.78. The average molecular weight is 285 g/mol. The standard InChI is InChI=1S/C17H23N3O/c1-2-8-19-17(21)16-6-9-20(10-7-16)13-15-5-3-4-14(11-15)12-18/h3-5,11,16H,2,6-10,13H2,1H3,(H,19,21). The van der Waals surface area contributed by atoms with Crippen molar-refractivity contribution in [1.29, 1.82) is 5.26 Å². The Hall–Kier alpha value is -1.86. The van der Waals surface area contributed by atoms with Gasteiger partial charge in [0.05, 0.1) is 11.6 Å². The maximum atomic E-state index is 11.9. The summed E-state index contributed by atoms with van der Waals surface area (Å²) in [5, 5.41) is 11.9. The normalized spacial score (nSPS) is 16.4. The van der Waals surface area contributed by atoms with Crippen LogP contribution in [0.3, 0.4) is 0 Å². The number of nitrogens with one attached hydrogen (secondary N) is 1. The van der Waals surface area contributed by atoms with Gasteiger partial charge in [0.15, 0.2) is 0 Å². The van der Waals surface area contributed by atoms with Gasteiger partial charge in [-0.15, -0.1) is 0 Å². The Balaban J connectivity index is 1.81. The molecule has 1 aromatic carbocycles. The molecule has 4 nitrogen and oxygen atoms in total. The monoisotopic (exact) mass is 285 g/mol. The van der Waals surface area contributed by atoms with Gasteiger partial charge in [0, 0.05) is 19.0 Å². The average Bonchev–Trinajstić information content (AvgIpc) is 2.53. The molecule has 112 valence electrons. The molecule has 2 rings (SSSR count). The van der Waals surface area contributed by atoms with Crippen LogP contribution in [0.15, 0.2) is 24.3 Å². The summed E-state index contributed by atoms with van der Waals surface area (Å²) in [5.41, 5.74) is 1.88. The molecule has 0 aromatic heterocycles. The third-order valence-electron chi connectivity index (χ3n) is 3.97. The van der Waals surface area contributed by atoms with Gasteiger partial charge in [-0.05, 0) is 50.0 Å². The van der Waals surface area contributed by atoms with Crippen molar-refractivity contribution in [3.05, 3.63) is 35.4 Å². The molecule has 0 atom stereocenters. The molecule has 21 heavy (non-hydrogen) atoms. The fourth-order valence-corrected chi connectivity index (χ4v) is 2.74.